The molecule has 1 aromatic carbocycles. The van der Waals surface area contributed by atoms with Gasteiger partial charge in [0.1, 0.15) is 6.20 Å². The second kappa shape index (κ2) is 4.01. The molecule has 0 saturated heterocycles. The number of aryl methyl sites for hydroxylation is 1. The van der Waals surface area contributed by atoms with Crippen LogP contribution in [0.4, 0.5) is 0 Å². The lowest BCUT2D eigenvalue weighted by molar-refractivity contribution is 0.0690. The number of hydrogen-bond acceptors (Lipinski definition) is 4. The number of nitrogens with zero attached hydrogens (tertiary/aromatic N) is 3. The van der Waals surface area contributed by atoms with E-state index in [9.17, 15) is 4.79 Å². The molecule has 0 aliphatic carbocycles. The molecule has 0 bridgehead atoms. The van der Waals surface area contributed by atoms with Gasteiger partial charge < -0.3 is 9.94 Å². The minimum absolute atomic E-state index is 0.160. The maximum atomic E-state index is 10.5. The van der Waals surface area contributed by atoms with Crippen molar-refractivity contribution >= 4 is 5.97 Å². The molecule has 0 fully saturated rings. The van der Waals surface area contributed by atoms with Crippen molar-refractivity contribution < 1.29 is 14.7 Å². The van der Waals surface area contributed by atoms with Crippen molar-refractivity contribution in [1.82, 2.24) is 15.2 Å². The molecular weight excluding hydrogens is 210 g/mol. The minimum atomic E-state index is -1.14. The van der Waals surface area contributed by atoms with Crippen molar-refractivity contribution in [2.75, 3.05) is 0 Å². The molecule has 82 valence electrons. The Morgan fingerprint density at radius 3 is 2.62 bits per heavy atom. The predicted molar refractivity (Wildman–Crippen MR) is 54.2 cm³/mol. The van der Waals surface area contributed by atoms with E-state index in [0.717, 1.165) is 10.4 Å². The van der Waals surface area contributed by atoms with Gasteiger partial charge in [0.15, 0.2) is 11.4 Å². The zero-order valence-electron chi connectivity index (χ0n) is 8.49. The Hall–Kier alpha value is -2.37. The van der Waals surface area contributed by atoms with Crippen LogP contribution in [-0.2, 0) is 0 Å². The Bertz CT molecular complexity index is 504. The van der Waals surface area contributed by atoms with E-state index in [-0.39, 0.29) is 5.69 Å². The van der Waals surface area contributed by atoms with E-state index in [1.54, 1.807) is 12.1 Å². The van der Waals surface area contributed by atoms with Crippen LogP contribution in [0.1, 0.15) is 16.1 Å². The number of rotatable bonds is 3. The number of aromatic nitrogens is 3. The van der Waals surface area contributed by atoms with Gasteiger partial charge in [-0.25, -0.2) is 4.79 Å². The van der Waals surface area contributed by atoms with Gasteiger partial charge in [0.05, 0.1) is 0 Å². The number of hydrogen-bond donors (Lipinski definition) is 1. The molecule has 6 heteroatoms. The van der Waals surface area contributed by atoms with Crippen molar-refractivity contribution in [3.63, 3.8) is 0 Å². The Kier molecular flexibility index (Phi) is 2.55. The van der Waals surface area contributed by atoms with Crippen LogP contribution in [0.25, 0.3) is 0 Å². The van der Waals surface area contributed by atoms with Gasteiger partial charge >= 0.3 is 5.97 Å². The topological polar surface area (TPSA) is 77.2 Å². The van der Waals surface area contributed by atoms with E-state index in [2.05, 4.69) is 10.3 Å². The van der Waals surface area contributed by atoms with E-state index < -0.39 is 5.97 Å². The van der Waals surface area contributed by atoms with Gasteiger partial charge in [-0.15, -0.1) is 5.10 Å². The molecule has 1 heterocycles. The third kappa shape index (κ3) is 2.17. The fourth-order valence-electron chi connectivity index (χ4n) is 1.10. The SMILES string of the molecule is Cc1ccc(On2cc(C(=O)O)nn2)cc1. The summed E-state index contributed by atoms with van der Waals surface area (Å²) in [5, 5.41) is 15.6. The summed E-state index contributed by atoms with van der Waals surface area (Å²) in [6.07, 6.45) is 1.20. The number of carboxylic acids is 1. The van der Waals surface area contributed by atoms with E-state index >= 15 is 0 Å². The summed E-state index contributed by atoms with van der Waals surface area (Å²) >= 11 is 0. The maximum absolute atomic E-state index is 10.5. The standard InChI is InChI=1S/C10H9N3O3/c1-7-2-4-8(5-3-7)16-13-6-9(10(14)15)11-12-13/h2-6H,1H3,(H,14,15). The molecule has 1 aromatic heterocycles. The third-order valence-electron chi connectivity index (χ3n) is 1.91. The van der Waals surface area contributed by atoms with Crippen LogP contribution < -0.4 is 4.84 Å². The summed E-state index contributed by atoms with van der Waals surface area (Å²) in [5.74, 6) is -0.578. The molecule has 0 saturated carbocycles. The number of aromatic carboxylic acids is 1. The van der Waals surface area contributed by atoms with Crippen LogP contribution >= 0.6 is 0 Å². The molecule has 0 atom stereocenters. The van der Waals surface area contributed by atoms with Crippen LogP contribution in [0.5, 0.6) is 5.75 Å². The molecule has 6 nitrogen and oxygen atoms in total. The van der Waals surface area contributed by atoms with Gasteiger partial charge in [-0.05, 0) is 24.3 Å². The summed E-state index contributed by atoms with van der Waals surface area (Å²) in [6.45, 7) is 1.96. The molecule has 0 amide bonds. The van der Waals surface area contributed by atoms with Gasteiger partial charge in [0, 0.05) is 0 Å². The molecule has 2 aromatic rings. The fourth-order valence-corrected chi connectivity index (χ4v) is 1.10. The van der Waals surface area contributed by atoms with Crippen LogP contribution in [0, 0.1) is 6.92 Å². The van der Waals surface area contributed by atoms with Gasteiger partial charge in [-0.2, -0.15) is 0 Å². The first-order valence-electron chi connectivity index (χ1n) is 4.56. The Balaban J connectivity index is 2.14. The first-order valence-corrected chi connectivity index (χ1v) is 4.56. The molecule has 1 N–H and O–H groups in total. The largest absolute Gasteiger partial charge is 0.476 e. The highest BCUT2D eigenvalue weighted by Crippen LogP contribution is 2.11. The summed E-state index contributed by atoms with van der Waals surface area (Å²) in [4.78, 5) is 16.8. The van der Waals surface area contributed by atoms with Gasteiger partial charge in [-0.3, -0.25) is 0 Å². The molecule has 0 unspecified atom stereocenters. The fraction of sp³-hybridized carbons (Fsp3) is 0.100. The number of carboxylic acid groups (broad SMARTS) is 1. The average molecular weight is 219 g/mol. The van der Waals surface area contributed by atoms with E-state index in [4.69, 9.17) is 9.94 Å². The molecule has 0 aliphatic rings. The smallest absolute Gasteiger partial charge is 0.358 e. The summed E-state index contributed by atoms with van der Waals surface area (Å²) in [6, 6.07) is 7.28. The lowest BCUT2D eigenvalue weighted by Crippen LogP contribution is -2.05. The quantitative estimate of drug-likeness (QED) is 0.837. The van der Waals surface area contributed by atoms with Crippen molar-refractivity contribution in [3.05, 3.63) is 41.7 Å². The van der Waals surface area contributed by atoms with Crippen molar-refractivity contribution in [3.8, 4) is 5.75 Å². The molecule has 2 rings (SSSR count). The number of benzene rings is 1. The zero-order valence-corrected chi connectivity index (χ0v) is 8.49. The molecule has 0 radical (unpaired) electrons. The highest BCUT2D eigenvalue weighted by atomic mass is 16.7. The maximum Gasteiger partial charge on any atom is 0.358 e. The monoisotopic (exact) mass is 219 g/mol. The summed E-state index contributed by atoms with van der Waals surface area (Å²) in [7, 11) is 0. The summed E-state index contributed by atoms with van der Waals surface area (Å²) in [5.41, 5.74) is 0.948. The highest BCUT2D eigenvalue weighted by molar-refractivity contribution is 5.84. The second-order valence-corrected chi connectivity index (χ2v) is 3.22. The third-order valence-corrected chi connectivity index (χ3v) is 1.91. The van der Waals surface area contributed by atoms with Crippen LogP contribution in [-0.4, -0.2) is 26.2 Å². The molecule has 0 spiro atoms. The van der Waals surface area contributed by atoms with E-state index in [1.807, 2.05) is 19.1 Å². The van der Waals surface area contributed by atoms with Crippen LogP contribution in [0.2, 0.25) is 0 Å². The van der Waals surface area contributed by atoms with Crippen molar-refractivity contribution in [2.24, 2.45) is 0 Å². The number of carbonyl (C=O) groups is 1. The van der Waals surface area contributed by atoms with Crippen LogP contribution in [0.15, 0.2) is 30.5 Å². The molecular formula is C10H9N3O3. The van der Waals surface area contributed by atoms with Gasteiger partial charge in [-0.1, -0.05) is 22.5 Å². The van der Waals surface area contributed by atoms with E-state index in [1.165, 1.54) is 6.20 Å². The van der Waals surface area contributed by atoms with Gasteiger partial charge in [0.25, 0.3) is 0 Å². The second-order valence-electron chi connectivity index (χ2n) is 3.22. The lowest BCUT2D eigenvalue weighted by atomic mass is 10.2. The lowest BCUT2D eigenvalue weighted by Gasteiger charge is -2.02. The zero-order chi connectivity index (χ0) is 11.5. The Morgan fingerprint density at radius 2 is 2.06 bits per heavy atom. The molecule has 0 aliphatic heterocycles. The Morgan fingerprint density at radius 1 is 1.38 bits per heavy atom. The first-order chi connectivity index (χ1) is 7.65. The molecule has 16 heavy (non-hydrogen) atoms. The van der Waals surface area contributed by atoms with Gasteiger partial charge in [0.2, 0.25) is 0 Å². The minimum Gasteiger partial charge on any atom is -0.476 e. The average Bonchev–Trinajstić information content (AvgIpc) is 2.70. The first kappa shape index (κ1) is 10.2. The predicted octanol–water partition coefficient (Wildman–Crippen LogP) is 1.13. The summed E-state index contributed by atoms with van der Waals surface area (Å²) < 4.78 is 0. The van der Waals surface area contributed by atoms with Crippen LogP contribution in [0.3, 0.4) is 0 Å². The normalized spacial score (nSPS) is 10.1. The Labute approximate surface area is 91.0 Å². The van der Waals surface area contributed by atoms with E-state index in [0.29, 0.717) is 5.75 Å². The van der Waals surface area contributed by atoms with Crippen molar-refractivity contribution in [2.45, 2.75) is 6.92 Å². The van der Waals surface area contributed by atoms with Crippen molar-refractivity contribution in [1.29, 1.82) is 0 Å². The highest BCUT2D eigenvalue weighted by Gasteiger charge is 2.08.